The first kappa shape index (κ1) is 19.7. The molecule has 0 aliphatic heterocycles. The number of hydrogen-bond acceptors (Lipinski definition) is 3. The molecule has 2 aromatic rings. The highest BCUT2D eigenvalue weighted by molar-refractivity contribution is 5.85. The molecule has 1 aromatic carbocycles. The topological polar surface area (TPSA) is 47.1 Å². The zero-order valence-corrected chi connectivity index (χ0v) is 15.7. The van der Waals surface area contributed by atoms with Gasteiger partial charge in [0.1, 0.15) is 0 Å². The molecule has 0 fully saturated rings. The summed E-state index contributed by atoms with van der Waals surface area (Å²) >= 11 is 0. The Bertz CT molecular complexity index is 634. The van der Waals surface area contributed by atoms with E-state index in [0.29, 0.717) is 6.54 Å². The van der Waals surface area contributed by atoms with Crippen molar-refractivity contribution in [1.29, 1.82) is 0 Å². The summed E-state index contributed by atoms with van der Waals surface area (Å²) in [6.45, 7) is 9.13. The molecule has 0 atom stereocenters. The van der Waals surface area contributed by atoms with Gasteiger partial charge in [-0.25, -0.2) is 0 Å². The van der Waals surface area contributed by atoms with E-state index >= 15 is 0 Å². The molecule has 5 heteroatoms. The van der Waals surface area contributed by atoms with Crippen LogP contribution in [0.25, 0.3) is 11.1 Å². The molecule has 0 unspecified atom stereocenters. The van der Waals surface area contributed by atoms with Gasteiger partial charge in [-0.1, -0.05) is 37.6 Å². The Hall–Kier alpha value is -1.36. The van der Waals surface area contributed by atoms with Crippen molar-refractivity contribution in [2.45, 2.75) is 27.3 Å². The zero-order chi connectivity index (χ0) is 16.3. The van der Waals surface area contributed by atoms with Crippen LogP contribution in [0.2, 0.25) is 0 Å². The third-order valence-electron chi connectivity index (χ3n) is 3.97. The third-order valence-corrected chi connectivity index (χ3v) is 3.97. The summed E-state index contributed by atoms with van der Waals surface area (Å²) in [4.78, 5) is 2.34. The lowest BCUT2D eigenvalue weighted by Crippen LogP contribution is -2.36. The average molecular weight is 337 g/mol. The van der Waals surface area contributed by atoms with E-state index in [4.69, 9.17) is 5.73 Å². The molecule has 128 valence electrons. The first-order valence-corrected chi connectivity index (χ1v) is 7.78. The number of benzene rings is 1. The van der Waals surface area contributed by atoms with Crippen molar-refractivity contribution in [3.05, 3.63) is 41.7 Å². The van der Waals surface area contributed by atoms with Crippen LogP contribution in [0.1, 0.15) is 25.0 Å². The Labute approximate surface area is 146 Å². The van der Waals surface area contributed by atoms with Crippen LogP contribution in [0.3, 0.4) is 0 Å². The van der Waals surface area contributed by atoms with Gasteiger partial charge in [-0.3, -0.25) is 4.68 Å². The van der Waals surface area contributed by atoms with Gasteiger partial charge < -0.3 is 10.6 Å². The number of rotatable bonds is 6. The van der Waals surface area contributed by atoms with Gasteiger partial charge >= 0.3 is 0 Å². The lowest BCUT2D eigenvalue weighted by Gasteiger charge is -2.29. The SMILES string of the molecule is Cc1ccc(CN(C)CC(C)(C)CN)c(-c2cnn(C)c2)c1.Cl. The van der Waals surface area contributed by atoms with Gasteiger partial charge in [-0.2, -0.15) is 5.10 Å². The summed E-state index contributed by atoms with van der Waals surface area (Å²) in [6, 6.07) is 6.65. The van der Waals surface area contributed by atoms with E-state index in [0.717, 1.165) is 13.1 Å². The number of aryl methyl sites for hydroxylation is 2. The van der Waals surface area contributed by atoms with Crippen LogP contribution in [0.5, 0.6) is 0 Å². The Morgan fingerprint density at radius 3 is 2.57 bits per heavy atom. The van der Waals surface area contributed by atoms with Crippen molar-refractivity contribution in [1.82, 2.24) is 14.7 Å². The van der Waals surface area contributed by atoms with Gasteiger partial charge in [-0.05, 0) is 37.1 Å². The molecule has 0 radical (unpaired) electrons. The fourth-order valence-corrected chi connectivity index (χ4v) is 2.80. The predicted octanol–water partition coefficient (Wildman–Crippen LogP) is 3.23. The maximum Gasteiger partial charge on any atom is 0.0568 e. The summed E-state index contributed by atoms with van der Waals surface area (Å²) in [5.41, 5.74) is 11.0. The summed E-state index contributed by atoms with van der Waals surface area (Å²) in [6.07, 6.45) is 4.00. The molecule has 0 saturated carbocycles. The van der Waals surface area contributed by atoms with E-state index in [9.17, 15) is 0 Å². The second-order valence-corrected chi connectivity index (χ2v) is 7.10. The predicted molar refractivity (Wildman–Crippen MR) is 99.8 cm³/mol. The molecule has 0 saturated heterocycles. The third kappa shape index (κ3) is 5.34. The molecule has 1 aromatic heterocycles. The van der Waals surface area contributed by atoms with E-state index in [-0.39, 0.29) is 17.8 Å². The highest BCUT2D eigenvalue weighted by Crippen LogP contribution is 2.26. The second kappa shape index (κ2) is 7.95. The highest BCUT2D eigenvalue weighted by Gasteiger charge is 2.19. The molecule has 0 spiro atoms. The molecular formula is C18H29ClN4. The van der Waals surface area contributed by atoms with Crippen LogP contribution in [-0.4, -0.2) is 34.8 Å². The van der Waals surface area contributed by atoms with Crippen LogP contribution in [0.4, 0.5) is 0 Å². The quantitative estimate of drug-likeness (QED) is 0.881. The van der Waals surface area contributed by atoms with E-state index < -0.39 is 0 Å². The summed E-state index contributed by atoms with van der Waals surface area (Å²) < 4.78 is 1.85. The van der Waals surface area contributed by atoms with Gasteiger partial charge in [0.15, 0.2) is 0 Å². The zero-order valence-electron chi connectivity index (χ0n) is 14.8. The van der Waals surface area contributed by atoms with Crippen molar-refractivity contribution >= 4 is 12.4 Å². The molecule has 0 bridgehead atoms. The van der Waals surface area contributed by atoms with Crippen LogP contribution in [0.15, 0.2) is 30.6 Å². The van der Waals surface area contributed by atoms with E-state index in [1.54, 1.807) is 0 Å². The van der Waals surface area contributed by atoms with Crippen LogP contribution in [0, 0.1) is 12.3 Å². The fraction of sp³-hybridized carbons (Fsp3) is 0.500. The molecule has 0 aliphatic carbocycles. The molecule has 2 rings (SSSR count). The maximum absolute atomic E-state index is 5.85. The van der Waals surface area contributed by atoms with Gasteiger partial charge in [0, 0.05) is 31.9 Å². The van der Waals surface area contributed by atoms with Crippen molar-refractivity contribution in [2.24, 2.45) is 18.2 Å². The highest BCUT2D eigenvalue weighted by atomic mass is 35.5. The standard InChI is InChI=1S/C18H28N4.ClH/c1-14-6-7-15(10-21(4)13-18(2,3)12-19)17(8-14)16-9-20-22(5)11-16;/h6-9,11H,10,12-13,19H2,1-5H3;1H. The summed E-state index contributed by atoms with van der Waals surface area (Å²) in [5.74, 6) is 0. The van der Waals surface area contributed by atoms with Gasteiger partial charge in [0.2, 0.25) is 0 Å². The average Bonchev–Trinajstić information content (AvgIpc) is 2.86. The Morgan fingerprint density at radius 2 is 2.00 bits per heavy atom. The smallest absolute Gasteiger partial charge is 0.0568 e. The lowest BCUT2D eigenvalue weighted by atomic mass is 9.92. The van der Waals surface area contributed by atoms with Gasteiger partial charge in [-0.15, -0.1) is 12.4 Å². The molecule has 23 heavy (non-hydrogen) atoms. The largest absolute Gasteiger partial charge is 0.330 e. The van der Waals surface area contributed by atoms with Crippen molar-refractivity contribution < 1.29 is 0 Å². The normalized spacial score (nSPS) is 11.6. The number of aromatic nitrogens is 2. The van der Waals surface area contributed by atoms with Gasteiger partial charge in [0.25, 0.3) is 0 Å². The molecule has 2 N–H and O–H groups in total. The summed E-state index contributed by atoms with van der Waals surface area (Å²) in [7, 11) is 4.11. The van der Waals surface area contributed by atoms with E-state index in [1.165, 1.54) is 22.3 Å². The van der Waals surface area contributed by atoms with Gasteiger partial charge in [0.05, 0.1) is 6.20 Å². The fourth-order valence-electron chi connectivity index (χ4n) is 2.80. The number of nitrogens with zero attached hydrogens (tertiary/aromatic N) is 3. The minimum absolute atomic E-state index is 0. The first-order chi connectivity index (χ1) is 10.3. The van der Waals surface area contributed by atoms with Crippen molar-refractivity contribution in [2.75, 3.05) is 20.1 Å². The molecule has 1 heterocycles. The molecule has 0 amide bonds. The van der Waals surface area contributed by atoms with Crippen LogP contribution in [-0.2, 0) is 13.6 Å². The first-order valence-electron chi connectivity index (χ1n) is 7.78. The van der Waals surface area contributed by atoms with E-state index in [2.05, 4.69) is 62.2 Å². The number of nitrogens with two attached hydrogens (primary N) is 1. The van der Waals surface area contributed by atoms with Crippen molar-refractivity contribution in [3.63, 3.8) is 0 Å². The summed E-state index contributed by atoms with van der Waals surface area (Å²) in [5, 5.41) is 4.30. The monoisotopic (exact) mass is 336 g/mol. The van der Waals surface area contributed by atoms with Crippen molar-refractivity contribution in [3.8, 4) is 11.1 Å². The Kier molecular flexibility index (Phi) is 6.81. The minimum atomic E-state index is 0. The lowest BCUT2D eigenvalue weighted by molar-refractivity contribution is 0.210. The maximum atomic E-state index is 5.85. The molecule has 4 nitrogen and oxygen atoms in total. The Morgan fingerprint density at radius 1 is 1.30 bits per heavy atom. The van der Waals surface area contributed by atoms with Crippen LogP contribution >= 0.6 is 12.4 Å². The number of hydrogen-bond donors (Lipinski definition) is 1. The minimum Gasteiger partial charge on any atom is -0.330 e. The van der Waals surface area contributed by atoms with E-state index in [1.807, 2.05) is 17.9 Å². The Balaban J connectivity index is 0.00000264. The van der Waals surface area contributed by atoms with Crippen LogP contribution < -0.4 is 5.73 Å². The molecular weight excluding hydrogens is 308 g/mol. The number of halogens is 1. The molecule has 0 aliphatic rings. The second-order valence-electron chi connectivity index (χ2n) is 7.10.